The number of hydrogen-bond acceptors (Lipinski definition) is 2. The molecule has 150 valence electrons. The first kappa shape index (κ1) is 21.7. The molecule has 0 heterocycles. The summed E-state index contributed by atoms with van der Waals surface area (Å²) in [7, 11) is 0. The SMILES string of the molecule is CCC[C@@H](NC(=O)NCc1ccc(F)cc1)C(=O)N[C@H](C)c1cccc(Cl)c1. The van der Waals surface area contributed by atoms with Gasteiger partial charge in [-0.05, 0) is 48.7 Å². The summed E-state index contributed by atoms with van der Waals surface area (Å²) in [4.78, 5) is 24.8. The van der Waals surface area contributed by atoms with Crippen LogP contribution in [0.4, 0.5) is 9.18 Å². The van der Waals surface area contributed by atoms with Gasteiger partial charge in [0.25, 0.3) is 0 Å². The van der Waals surface area contributed by atoms with Crippen LogP contribution in [0.2, 0.25) is 5.02 Å². The van der Waals surface area contributed by atoms with E-state index >= 15 is 0 Å². The van der Waals surface area contributed by atoms with Crippen molar-refractivity contribution in [3.05, 3.63) is 70.5 Å². The Labute approximate surface area is 169 Å². The molecule has 0 saturated heterocycles. The second-order valence-electron chi connectivity index (χ2n) is 6.58. The Morgan fingerprint density at radius 3 is 2.46 bits per heavy atom. The maximum Gasteiger partial charge on any atom is 0.315 e. The number of nitrogens with one attached hydrogen (secondary N) is 3. The summed E-state index contributed by atoms with van der Waals surface area (Å²) in [5, 5.41) is 8.90. The molecule has 3 amide bonds. The lowest BCUT2D eigenvalue weighted by Crippen LogP contribution is -2.50. The monoisotopic (exact) mass is 405 g/mol. The normalized spacial score (nSPS) is 12.7. The maximum absolute atomic E-state index is 12.9. The van der Waals surface area contributed by atoms with E-state index in [1.165, 1.54) is 12.1 Å². The minimum Gasteiger partial charge on any atom is -0.348 e. The van der Waals surface area contributed by atoms with Gasteiger partial charge in [-0.25, -0.2) is 9.18 Å². The van der Waals surface area contributed by atoms with Gasteiger partial charge in [0.15, 0.2) is 0 Å². The Hall–Kier alpha value is -2.60. The van der Waals surface area contributed by atoms with Crippen LogP contribution in [0.15, 0.2) is 48.5 Å². The lowest BCUT2D eigenvalue weighted by molar-refractivity contribution is -0.123. The van der Waals surface area contributed by atoms with E-state index < -0.39 is 12.1 Å². The summed E-state index contributed by atoms with van der Waals surface area (Å²) in [5.74, 6) is -0.590. The molecule has 2 aromatic rings. The highest BCUT2D eigenvalue weighted by Crippen LogP contribution is 2.17. The first-order chi connectivity index (χ1) is 13.4. The number of rotatable bonds is 8. The van der Waals surface area contributed by atoms with Gasteiger partial charge in [0, 0.05) is 11.6 Å². The number of hydrogen-bond donors (Lipinski definition) is 3. The molecule has 0 saturated carbocycles. The molecule has 2 aromatic carbocycles. The molecule has 0 aliphatic heterocycles. The lowest BCUT2D eigenvalue weighted by Gasteiger charge is -2.21. The van der Waals surface area contributed by atoms with Crippen LogP contribution in [0.5, 0.6) is 0 Å². The van der Waals surface area contributed by atoms with Crippen molar-refractivity contribution in [2.45, 2.75) is 45.3 Å². The van der Waals surface area contributed by atoms with Gasteiger partial charge in [-0.2, -0.15) is 0 Å². The van der Waals surface area contributed by atoms with Gasteiger partial charge >= 0.3 is 6.03 Å². The number of amides is 3. The van der Waals surface area contributed by atoms with Crippen molar-refractivity contribution in [1.29, 1.82) is 0 Å². The van der Waals surface area contributed by atoms with Gasteiger partial charge in [0.05, 0.1) is 6.04 Å². The third-order valence-electron chi connectivity index (χ3n) is 4.27. The fourth-order valence-electron chi connectivity index (χ4n) is 2.72. The van der Waals surface area contributed by atoms with E-state index in [4.69, 9.17) is 11.6 Å². The second-order valence-corrected chi connectivity index (χ2v) is 7.02. The summed E-state index contributed by atoms with van der Waals surface area (Å²) in [6, 6.07) is 11.8. The minimum absolute atomic E-state index is 0.241. The zero-order valence-corrected chi connectivity index (χ0v) is 16.7. The van der Waals surface area contributed by atoms with Crippen molar-refractivity contribution in [2.24, 2.45) is 0 Å². The van der Waals surface area contributed by atoms with Crippen LogP contribution in [0, 0.1) is 5.82 Å². The fraction of sp³-hybridized carbons (Fsp3) is 0.333. The summed E-state index contributed by atoms with van der Waals surface area (Å²) in [5.41, 5.74) is 1.65. The molecule has 7 heteroatoms. The van der Waals surface area contributed by atoms with Crippen LogP contribution in [-0.4, -0.2) is 18.0 Å². The Balaban J connectivity index is 1.90. The third kappa shape index (κ3) is 6.85. The van der Waals surface area contributed by atoms with Crippen LogP contribution >= 0.6 is 11.6 Å². The van der Waals surface area contributed by atoms with Crippen molar-refractivity contribution in [3.63, 3.8) is 0 Å². The zero-order chi connectivity index (χ0) is 20.5. The zero-order valence-electron chi connectivity index (χ0n) is 16.0. The van der Waals surface area contributed by atoms with Crippen molar-refractivity contribution < 1.29 is 14.0 Å². The molecule has 28 heavy (non-hydrogen) atoms. The average molecular weight is 406 g/mol. The first-order valence-electron chi connectivity index (χ1n) is 9.23. The van der Waals surface area contributed by atoms with E-state index in [0.717, 1.165) is 17.5 Å². The Morgan fingerprint density at radius 2 is 1.82 bits per heavy atom. The highest BCUT2D eigenvalue weighted by molar-refractivity contribution is 6.30. The van der Waals surface area contributed by atoms with Gasteiger partial charge in [-0.15, -0.1) is 0 Å². The Kier molecular flexibility index (Phi) is 8.26. The fourth-order valence-corrected chi connectivity index (χ4v) is 2.92. The van der Waals surface area contributed by atoms with Crippen LogP contribution < -0.4 is 16.0 Å². The molecule has 2 atom stereocenters. The second kappa shape index (κ2) is 10.7. The van der Waals surface area contributed by atoms with Gasteiger partial charge in [-0.3, -0.25) is 4.79 Å². The van der Waals surface area contributed by atoms with Crippen molar-refractivity contribution in [3.8, 4) is 0 Å². The van der Waals surface area contributed by atoms with Crippen LogP contribution in [0.3, 0.4) is 0 Å². The van der Waals surface area contributed by atoms with Crippen LogP contribution in [0.25, 0.3) is 0 Å². The molecule has 2 rings (SSSR count). The molecule has 0 aliphatic carbocycles. The van der Waals surface area contributed by atoms with E-state index in [9.17, 15) is 14.0 Å². The van der Waals surface area contributed by atoms with Crippen LogP contribution in [-0.2, 0) is 11.3 Å². The highest BCUT2D eigenvalue weighted by Gasteiger charge is 2.21. The van der Waals surface area contributed by atoms with E-state index in [0.29, 0.717) is 11.4 Å². The first-order valence-corrected chi connectivity index (χ1v) is 9.61. The minimum atomic E-state index is -0.653. The number of carbonyl (C=O) groups is 2. The molecule has 0 fully saturated rings. The Morgan fingerprint density at radius 1 is 1.11 bits per heavy atom. The topological polar surface area (TPSA) is 70.2 Å². The molecular weight excluding hydrogens is 381 g/mol. The van der Waals surface area contributed by atoms with Crippen molar-refractivity contribution >= 4 is 23.5 Å². The summed E-state index contributed by atoms with van der Waals surface area (Å²) >= 11 is 6.00. The summed E-state index contributed by atoms with van der Waals surface area (Å²) < 4.78 is 12.9. The van der Waals surface area contributed by atoms with Gasteiger partial charge in [0.2, 0.25) is 5.91 Å². The molecule has 0 radical (unpaired) electrons. The third-order valence-corrected chi connectivity index (χ3v) is 4.51. The van der Waals surface area contributed by atoms with E-state index in [-0.39, 0.29) is 24.3 Å². The van der Waals surface area contributed by atoms with E-state index in [1.807, 2.05) is 26.0 Å². The van der Waals surface area contributed by atoms with Crippen molar-refractivity contribution in [2.75, 3.05) is 0 Å². The number of halogens is 2. The molecular formula is C21H25ClFN3O2. The van der Waals surface area contributed by atoms with Gasteiger partial charge in [0.1, 0.15) is 11.9 Å². The standard InChI is InChI=1S/C21H25ClFN3O2/c1-3-5-19(20(27)25-14(2)16-6-4-7-17(22)12-16)26-21(28)24-13-15-8-10-18(23)11-9-15/h4,6-12,14,19H,3,5,13H2,1-2H3,(H,25,27)(H2,24,26,28)/t14-,19-/m1/s1. The van der Waals surface area contributed by atoms with Crippen LogP contribution in [0.1, 0.15) is 43.9 Å². The Bertz CT molecular complexity index is 798. The predicted octanol–water partition coefficient (Wildman–Crippen LogP) is 4.32. The molecule has 0 bridgehead atoms. The van der Waals surface area contributed by atoms with E-state index in [1.54, 1.807) is 24.3 Å². The summed E-state index contributed by atoms with van der Waals surface area (Å²) in [6.07, 6.45) is 1.25. The smallest absolute Gasteiger partial charge is 0.315 e. The molecule has 0 spiro atoms. The molecule has 3 N–H and O–H groups in total. The van der Waals surface area contributed by atoms with Gasteiger partial charge in [-0.1, -0.05) is 49.2 Å². The predicted molar refractivity (Wildman–Crippen MR) is 108 cm³/mol. The van der Waals surface area contributed by atoms with E-state index in [2.05, 4.69) is 16.0 Å². The average Bonchev–Trinajstić information content (AvgIpc) is 2.67. The number of benzene rings is 2. The van der Waals surface area contributed by atoms with Gasteiger partial charge < -0.3 is 16.0 Å². The largest absolute Gasteiger partial charge is 0.348 e. The molecule has 0 aliphatic rings. The summed E-state index contributed by atoms with van der Waals surface area (Å²) in [6.45, 7) is 4.05. The molecule has 0 aromatic heterocycles. The molecule has 0 unspecified atom stereocenters. The maximum atomic E-state index is 12.9. The number of urea groups is 1. The quantitative estimate of drug-likeness (QED) is 0.612. The highest BCUT2D eigenvalue weighted by atomic mass is 35.5. The number of carbonyl (C=O) groups excluding carboxylic acids is 2. The lowest BCUT2D eigenvalue weighted by atomic mass is 10.1. The van der Waals surface area contributed by atoms with Crippen molar-refractivity contribution in [1.82, 2.24) is 16.0 Å². The molecule has 5 nitrogen and oxygen atoms in total.